The molecule has 2 aliphatic heterocycles. The molecule has 6 atom stereocenters. The highest BCUT2D eigenvalue weighted by molar-refractivity contribution is 6.42. The largest absolute Gasteiger partial charge is 0.461 e. The predicted molar refractivity (Wildman–Crippen MR) is 127 cm³/mol. The Bertz CT molecular complexity index is 930. The number of halogens is 2. The number of rotatable bonds is 3. The molecule has 32 heavy (non-hydrogen) atoms. The quantitative estimate of drug-likeness (QED) is 0.515. The lowest BCUT2D eigenvalue weighted by molar-refractivity contribution is -0.145. The van der Waals surface area contributed by atoms with Crippen LogP contribution >= 0.6 is 23.2 Å². The molecule has 3 fully saturated rings. The molecule has 0 aromatic heterocycles. The topological polar surface area (TPSA) is 53.0 Å². The first-order valence-corrected chi connectivity index (χ1v) is 12.5. The minimum Gasteiger partial charge on any atom is -0.461 e. The van der Waals surface area contributed by atoms with E-state index in [0.717, 1.165) is 51.1 Å². The fourth-order valence-electron chi connectivity index (χ4n) is 6.42. The molecule has 174 valence electrons. The first-order valence-electron chi connectivity index (χ1n) is 11.8. The highest BCUT2D eigenvalue weighted by atomic mass is 35.5. The van der Waals surface area contributed by atoms with E-state index in [4.69, 9.17) is 27.9 Å². The van der Waals surface area contributed by atoms with Gasteiger partial charge < -0.3 is 14.7 Å². The summed E-state index contributed by atoms with van der Waals surface area (Å²) < 4.78 is 5.83. The average Bonchev–Trinajstić information content (AvgIpc) is 3.08. The van der Waals surface area contributed by atoms with Gasteiger partial charge in [0.15, 0.2) is 0 Å². The van der Waals surface area contributed by atoms with Gasteiger partial charge in [-0.15, -0.1) is 0 Å². The Morgan fingerprint density at radius 3 is 2.66 bits per heavy atom. The van der Waals surface area contributed by atoms with Crippen LogP contribution in [0.25, 0.3) is 0 Å². The Morgan fingerprint density at radius 1 is 1.19 bits per heavy atom. The van der Waals surface area contributed by atoms with Crippen molar-refractivity contribution in [2.24, 2.45) is 23.2 Å². The Labute approximate surface area is 200 Å². The number of aliphatic hydroxyl groups excluding tert-OH is 1. The van der Waals surface area contributed by atoms with Crippen LogP contribution in [-0.4, -0.2) is 60.9 Å². The van der Waals surface area contributed by atoms with Crippen molar-refractivity contribution in [1.82, 2.24) is 4.90 Å². The first kappa shape index (κ1) is 22.5. The van der Waals surface area contributed by atoms with Crippen LogP contribution in [-0.2, 0) is 9.53 Å². The second-order valence-electron chi connectivity index (χ2n) is 10.2. The van der Waals surface area contributed by atoms with E-state index in [1.165, 1.54) is 5.57 Å². The molecule has 1 aromatic rings. The normalized spacial score (nSPS) is 37.5. The number of aliphatic hydroxyl groups is 1. The fourth-order valence-corrected chi connectivity index (χ4v) is 6.71. The first-order chi connectivity index (χ1) is 15.3. The van der Waals surface area contributed by atoms with E-state index in [1.807, 2.05) is 18.2 Å². The number of fused-ring (bicyclic) bond motifs is 2. The number of carbonyl (C=O) groups is 1. The molecule has 2 aliphatic carbocycles. The van der Waals surface area contributed by atoms with Gasteiger partial charge in [0.25, 0.3) is 0 Å². The van der Waals surface area contributed by atoms with Crippen LogP contribution in [0.3, 0.4) is 0 Å². The van der Waals surface area contributed by atoms with E-state index in [-0.39, 0.29) is 29.3 Å². The van der Waals surface area contributed by atoms with Gasteiger partial charge in [0.2, 0.25) is 0 Å². The molecule has 5 nitrogen and oxygen atoms in total. The lowest BCUT2D eigenvalue weighted by atomic mass is 9.55. The average molecular weight is 479 g/mol. The second kappa shape index (κ2) is 8.50. The van der Waals surface area contributed by atoms with Crippen LogP contribution in [0.1, 0.15) is 33.1 Å². The standard InChI is InChI=1S/C25H32Cl2N2O3/c1-15-4-3-5-16-12-21-22(23(30)25(15,16)2)18(24(31)32-21)14-28-8-10-29(11-9-28)17-6-7-19(26)20(27)13-17/h5-7,13,15,18,21-23,30H,3-4,8-12,14H2,1-2H3/t15-,18-,21-,22-,23-,25-/m1/s1. The van der Waals surface area contributed by atoms with Crippen LogP contribution in [0.2, 0.25) is 10.0 Å². The minimum atomic E-state index is -0.545. The summed E-state index contributed by atoms with van der Waals surface area (Å²) in [5.74, 6) is -0.122. The molecule has 4 aliphatic rings. The zero-order valence-electron chi connectivity index (χ0n) is 18.8. The number of carbonyl (C=O) groups excluding carboxylic acids is 1. The second-order valence-corrected chi connectivity index (χ2v) is 11.0. The number of anilines is 1. The summed E-state index contributed by atoms with van der Waals surface area (Å²) in [6.07, 6.45) is 4.46. The molecule has 1 N–H and O–H groups in total. The molecule has 2 heterocycles. The molecule has 1 saturated carbocycles. The van der Waals surface area contributed by atoms with Crippen molar-refractivity contribution in [3.8, 4) is 0 Å². The van der Waals surface area contributed by atoms with E-state index in [0.29, 0.717) is 22.5 Å². The van der Waals surface area contributed by atoms with Gasteiger partial charge in [-0.3, -0.25) is 9.69 Å². The van der Waals surface area contributed by atoms with Gasteiger partial charge >= 0.3 is 5.97 Å². The number of ether oxygens (including phenoxy) is 1. The van der Waals surface area contributed by atoms with E-state index >= 15 is 0 Å². The molecule has 0 unspecified atom stereocenters. The zero-order chi connectivity index (χ0) is 22.6. The van der Waals surface area contributed by atoms with E-state index < -0.39 is 6.10 Å². The minimum absolute atomic E-state index is 0.127. The monoisotopic (exact) mass is 478 g/mol. The lowest BCUT2D eigenvalue weighted by Gasteiger charge is -2.52. The molecule has 1 aromatic carbocycles. The Morgan fingerprint density at radius 2 is 1.94 bits per heavy atom. The Balaban J connectivity index is 1.27. The molecule has 0 radical (unpaired) electrons. The number of benzene rings is 1. The van der Waals surface area contributed by atoms with Crippen molar-refractivity contribution in [1.29, 1.82) is 0 Å². The van der Waals surface area contributed by atoms with Crippen LogP contribution in [0, 0.1) is 23.2 Å². The number of hydrogen-bond acceptors (Lipinski definition) is 5. The number of allylic oxidation sites excluding steroid dienone is 1. The van der Waals surface area contributed by atoms with Gasteiger partial charge in [0, 0.05) is 56.2 Å². The number of piperazine rings is 1. The summed E-state index contributed by atoms with van der Waals surface area (Å²) in [6.45, 7) is 8.52. The van der Waals surface area contributed by atoms with Crippen molar-refractivity contribution in [3.63, 3.8) is 0 Å². The fraction of sp³-hybridized carbons (Fsp3) is 0.640. The summed E-state index contributed by atoms with van der Waals surface area (Å²) >= 11 is 12.2. The molecule has 5 rings (SSSR count). The van der Waals surface area contributed by atoms with Gasteiger partial charge in [-0.05, 0) is 37.0 Å². The highest BCUT2D eigenvalue weighted by Gasteiger charge is 2.59. The third-order valence-electron chi connectivity index (χ3n) is 8.67. The number of esters is 1. The third kappa shape index (κ3) is 3.66. The van der Waals surface area contributed by atoms with Gasteiger partial charge in [0.05, 0.1) is 22.1 Å². The van der Waals surface area contributed by atoms with Crippen LogP contribution in [0.15, 0.2) is 29.8 Å². The van der Waals surface area contributed by atoms with Gasteiger partial charge in [-0.2, -0.15) is 0 Å². The zero-order valence-corrected chi connectivity index (χ0v) is 20.3. The van der Waals surface area contributed by atoms with Crippen molar-refractivity contribution < 1.29 is 14.6 Å². The smallest absolute Gasteiger partial charge is 0.311 e. The van der Waals surface area contributed by atoms with Crippen LogP contribution in [0.5, 0.6) is 0 Å². The highest BCUT2D eigenvalue weighted by Crippen LogP contribution is 2.56. The molecule has 2 saturated heterocycles. The van der Waals surface area contributed by atoms with E-state index in [2.05, 4.69) is 29.7 Å². The molecule has 0 spiro atoms. The summed E-state index contributed by atoms with van der Waals surface area (Å²) in [5.41, 5.74) is 2.10. The molecule has 0 amide bonds. The summed E-state index contributed by atoms with van der Waals surface area (Å²) in [7, 11) is 0. The maximum Gasteiger partial charge on any atom is 0.311 e. The van der Waals surface area contributed by atoms with Gasteiger partial charge in [-0.25, -0.2) is 0 Å². The predicted octanol–water partition coefficient (Wildman–Crippen LogP) is 4.40. The van der Waals surface area contributed by atoms with Gasteiger partial charge in [-0.1, -0.05) is 48.7 Å². The maximum atomic E-state index is 12.9. The van der Waals surface area contributed by atoms with Gasteiger partial charge in [0.1, 0.15) is 6.10 Å². The third-order valence-corrected chi connectivity index (χ3v) is 9.40. The molecular weight excluding hydrogens is 447 g/mol. The molecule has 7 heteroatoms. The van der Waals surface area contributed by atoms with Crippen molar-refractivity contribution in [2.75, 3.05) is 37.6 Å². The van der Waals surface area contributed by atoms with Crippen molar-refractivity contribution in [3.05, 3.63) is 39.9 Å². The Kier molecular flexibility index (Phi) is 5.98. The van der Waals surface area contributed by atoms with Crippen molar-refractivity contribution in [2.45, 2.75) is 45.3 Å². The number of hydrogen-bond donors (Lipinski definition) is 1. The SMILES string of the molecule is C[C@@H]1CCC=C2C[C@H]3OC(=O)[C@H](CN4CCN(c5ccc(Cl)c(Cl)c5)CC4)[C@H]3[C@@H](O)[C@@]21C. The number of nitrogens with zero attached hydrogens (tertiary/aromatic N) is 2. The van der Waals surface area contributed by atoms with E-state index in [9.17, 15) is 9.90 Å². The summed E-state index contributed by atoms with van der Waals surface area (Å²) in [5, 5.41) is 12.7. The molecular formula is C25H32Cl2N2O3. The summed E-state index contributed by atoms with van der Waals surface area (Å²) in [6, 6.07) is 5.74. The molecule has 0 bridgehead atoms. The van der Waals surface area contributed by atoms with Crippen molar-refractivity contribution >= 4 is 34.9 Å². The van der Waals surface area contributed by atoms with E-state index in [1.54, 1.807) is 0 Å². The maximum absolute atomic E-state index is 12.9. The summed E-state index contributed by atoms with van der Waals surface area (Å²) in [4.78, 5) is 17.5. The lowest BCUT2D eigenvalue weighted by Crippen LogP contribution is -2.55. The van der Waals surface area contributed by atoms with Crippen LogP contribution in [0.4, 0.5) is 5.69 Å². The Hall–Kier alpha value is -1.27. The van der Waals surface area contributed by atoms with Crippen LogP contribution < -0.4 is 4.90 Å².